The van der Waals surface area contributed by atoms with Crippen LogP contribution in [0.15, 0.2) is 24.3 Å². The Balaban J connectivity index is 1.90. The second-order valence-electron chi connectivity index (χ2n) is 6.52. The normalized spacial score (nSPS) is 12.2. The zero-order chi connectivity index (χ0) is 19.6. The number of nitrogens with one attached hydrogen (secondary N) is 1. The maximum absolute atomic E-state index is 13.0. The first-order valence-corrected chi connectivity index (χ1v) is 10.0. The Labute approximate surface area is 163 Å². The van der Waals surface area contributed by atoms with E-state index in [1.165, 1.54) is 11.3 Å². The lowest BCUT2D eigenvalue weighted by Gasteiger charge is -2.17. The summed E-state index contributed by atoms with van der Waals surface area (Å²) < 4.78 is 5.21. The number of amides is 1. The number of carbonyl (C=O) groups is 1. The second-order valence-corrected chi connectivity index (χ2v) is 7.52. The summed E-state index contributed by atoms with van der Waals surface area (Å²) in [5.74, 6) is 1.56. The van der Waals surface area contributed by atoms with E-state index < -0.39 is 0 Å². The van der Waals surface area contributed by atoms with E-state index in [1.54, 1.807) is 7.11 Å². The summed E-state index contributed by atoms with van der Waals surface area (Å²) in [6, 6.07) is 7.77. The molecule has 0 saturated carbocycles. The molecule has 3 aromatic rings. The molecule has 6 heteroatoms. The van der Waals surface area contributed by atoms with E-state index in [4.69, 9.17) is 4.74 Å². The molecule has 2 heterocycles. The molecule has 142 valence electrons. The number of thiophene rings is 1. The van der Waals surface area contributed by atoms with Crippen LogP contribution in [0.5, 0.6) is 5.75 Å². The van der Waals surface area contributed by atoms with Gasteiger partial charge in [-0.05, 0) is 43.5 Å². The second kappa shape index (κ2) is 8.05. The number of hydrogen-bond acceptors (Lipinski definition) is 5. The molecule has 3 rings (SSSR count). The average Bonchev–Trinajstić information content (AvgIpc) is 3.03. The molecular weight excluding hydrogens is 358 g/mol. The third-order valence-corrected chi connectivity index (χ3v) is 5.96. The Morgan fingerprint density at radius 1 is 1.19 bits per heavy atom. The van der Waals surface area contributed by atoms with Crippen LogP contribution in [0, 0.1) is 13.8 Å². The van der Waals surface area contributed by atoms with Crippen molar-refractivity contribution >= 4 is 27.5 Å². The molecule has 0 saturated heterocycles. The molecule has 1 atom stereocenters. The molecule has 0 aliphatic rings. The molecule has 1 aromatic carbocycles. The number of fused-ring (bicyclic) bond motifs is 1. The fraction of sp³-hybridized carbons (Fsp3) is 0.381. The van der Waals surface area contributed by atoms with Gasteiger partial charge in [-0.3, -0.25) is 4.79 Å². The molecule has 2 aromatic heterocycles. The van der Waals surface area contributed by atoms with Crippen LogP contribution < -0.4 is 10.1 Å². The van der Waals surface area contributed by atoms with Crippen molar-refractivity contribution in [1.82, 2.24) is 15.3 Å². The number of hydrogen-bond donors (Lipinski definition) is 1. The van der Waals surface area contributed by atoms with Gasteiger partial charge in [0.15, 0.2) is 0 Å². The van der Waals surface area contributed by atoms with Crippen molar-refractivity contribution in [2.45, 2.75) is 46.6 Å². The Hall–Kier alpha value is -2.47. The molecule has 0 bridgehead atoms. The molecule has 0 fully saturated rings. The van der Waals surface area contributed by atoms with Gasteiger partial charge < -0.3 is 10.1 Å². The van der Waals surface area contributed by atoms with E-state index in [-0.39, 0.29) is 11.9 Å². The highest BCUT2D eigenvalue weighted by atomic mass is 32.1. The predicted octanol–water partition coefficient (Wildman–Crippen LogP) is 4.76. The molecular formula is C21H25N3O2S. The van der Waals surface area contributed by atoms with Gasteiger partial charge in [-0.1, -0.05) is 26.0 Å². The van der Waals surface area contributed by atoms with Crippen LogP contribution in [0.4, 0.5) is 0 Å². The van der Waals surface area contributed by atoms with Gasteiger partial charge in [0.25, 0.3) is 5.91 Å². The van der Waals surface area contributed by atoms with Crippen LogP contribution in [-0.2, 0) is 6.42 Å². The maximum atomic E-state index is 13.0. The number of ether oxygens (including phenoxy) is 1. The third-order valence-electron chi connectivity index (χ3n) is 4.77. The zero-order valence-electron chi connectivity index (χ0n) is 16.4. The monoisotopic (exact) mass is 383 g/mol. The molecule has 1 unspecified atom stereocenters. The van der Waals surface area contributed by atoms with Crippen molar-refractivity contribution in [3.05, 3.63) is 51.8 Å². The van der Waals surface area contributed by atoms with Gasteiger partial charge in [-0.25, -0.2) is 9.97 Å². The minimum atomic E-state index is -0.0596. The number of carbonyl (C=O) groups excluding carboxylic acids is 1. The van der Waals surface area contributed by atoms with Crippen LogP contribution in [0.25, 0.3) is 10.2 Å². The number of aryl methyl sites for hydroxylation is 3. The highest BCUT2D eigenvalue weighted by Gasteiger charge is 2.21. The lowest BCUT2D eigenvalue weighted by atomic mass is 10.0. The Kier molecular flexibility index (Phi) is 5.75. The quantitative estimate of drug-likeness (QED) is 0.666. The van der Waals surface area contributed by atoms with Crippen LogP contribution in [0.1, 0.15) is 58.6 Å². The largest absolute Gasteiger partial charge is 0.497 e. The summed E-state index contributed by atoms with van der Waals surface area (Å²) in [5, 5.41) is 4.17. The van der Waals surface area contributed by atoms with Gasteiger partial charge in [0.1, 0.15) is 16.4 Å². The third kappa shape index (κ3) is 3.81. The van der Waals surface area contributed by atoms with Gasteiger partial charge in [0.05, 0.1) is 18.0 Å². The van der Waals surface area contributed by atoms with E-state index >= 15 is 0 Å². The first kappa shape index (κ1) is 19.3. The van der Waals surface area contributed by atoms with E-state index in [9.17, 15) is 4.79 Å². The van der Waals surface area contributed by atoms with Gasteiger partial charge in [-0.2, -0.15) is 0 Å². The van der Waals surface area contributed by atoms with Crippen molar-refractivity contribution in [2.24, 2.45) is 0 Å². The van der Waals surface area contributed by atoms with E-state index in [0.29, 0.717) is 4.88 Å². The molecule has 1 amide bonds. The molecule has 1 N–H and O–H groups in total. The molecule has 0 aliphatic carbocycles. The van der Waals surface area contributed by atoms with Gasteiger partial charge in [-0.15, -0.1) is 11.3 Å². The van der Waals surface area contributed by atoms with E-state index in [1.807, 2.05) is 45.0 Å². The number of rotatable bonds is 6. The summed E-state index contributed by atoms with van der Waals surface area (Å²) in [6.07, 6.45) is 1.59. The van der Waals surface area contributed by atoms with Crippen LogP contribution in [-0.4, -0.2) is 23.0 Å². The molecule has 0 radical (unpaired) electrons. The Morgan fingerprint density at radius 3 is 2.48 bits per heavy atom. The van der Waals surface area contributed by atoms with Crippen LogP contribution in [0.2, 0.25) is 0 Å². The van der Waals surface area contributed by atoms with Gasteiger partial charge >= 0.3 is 0 Å². The SMILES string of the molecule is CCc1nc(C)c2c(C)c(C(=O)NC(CC)c3ccc(OC)cc3)sc2n1. The minimum Gasteiger partial charge on any atom is -0.497 e. The zero-order valence-corrected chi connectivity index (χ0v) is 17.2. The van der Waals surface area contributed by atoms with Crippen molar-refractivity contribution < 1.29 is 9.53 Å². The molecule has 0 aliphatic heterocycles. The van der Waals surface area contributed by atoms with Crippen LogP contribution in [0.3, 0.4) is 0 Å². The standard InChI is InChI=1S/C21H25N3O2S/c1-6-16(14-8-10-15(26-5)11-9-14)23-20(25)19-12(3)18-13(4)22-17(7-2)24-21(18)27-19/h8-11,16H,6-7H2,1-5H3,(H,23,25). The number of aromatic nitrogens is 2. The van der Waals surface area contributed by atoms with Crippen LogP contribution >= 0.6 is 11.3 Å². The van der Waals surface area contributed by atoms with Gasteiger partial charge in [0, 0.05) is 17.5 Å². The molecule has 5 nitrogen and oxygen atoms in total. The van der Waals surface area contributed by atoms with Crippen molar-refractivity contribution in [3.63, 3.8) is 0 Å². The highest BCUT2D eigenvalue weighted by molar-refractivity contribution is 7.20. The first-order chi connectivity index (χ1) is 13.0. The summed E-state index contributed by atoms with van der Waals surface area (Å²) in [7, 11) is 1.65. The average molecular weight is 384 g/mol. The Bertz CT molecular complexity index is 964. The summed E-state index contributed by atoms with van der Waals surface area (Å²) >= 11 is 1.45. The summed E-state index contributed by atoms with van der Waals surface area (Å²) in [5.41, 5.74) is 2.96. The smallest absolute Gasteiger partial charge is 0.262 e. The van der Waals surface area contributed by atoms with E-state index in [0.717, 1.165) is 51.5 Å². The summed E-state index contributed by atoms with van der Waals surface area (Å²) in [4.78, 5) is 23.7. The van der Waals surface area contributed by atoms with Gasteiger partial charge in [0.2, 0.25) is 0 Å². The number of nitrogens with zero attached hydrogens (tertiary/aromatic N) is 2. The van der Waals surface area contributed by atoms with E-state index in [2.05, 4.69) is 22.2 Å². The fourth-order valence-corrected chi connectivity index (χ4v) is 4.40. The number of methoxy groups -OCH3 is 1. The lowest BCUT2D eigenvalue weighted by molar-refractivity contribution is 0.0939. The molecule has 27 heavy (non-hydrogen) atoms. The molecule has 0 spiro atoms. The first-order valence-electron chi connectivity index (χ1n) is 9.19. The number of benzene rings is 1. The summed E-state index contributed by atoms with van der Waals surface area (Å²) in [6.45, 7) is 8.06. The topological polar surface area (TPSA) is 64.1 Å². The van der Waals surface area contributed by atoms with Crippen molar-refractivity contribution in [2.75, 3.05) is 7.11 Å². The minimum absolute atomic E-state index is 0.0496. The maximum Gasteiger partial charge on any atom is 0.262 e. The Morgan fingerprint density at radius 2 is 1.89 bits per heavy atom. The highest BCUT2D eigenvalue weighted by Crippen LogP contribution is 2.32. The lowest BCUT2D eigenvalue weighted by Crippen LogP contribution is -2.27. The van der Waals surface area contributed by atoms with Crippen molar-refractivity contribution in [3.8, 4) is 5.75 Å². The van der Waals surface area contributed by atoms with Crippen molar-refractivity contribution in [1.29, 1.82) is 0 Å². The fourth-order valence-electron chi connectivity index (χ4n) is 3.25. The predicted molar refractivity (Wildman–Crippen MR) is 110 cm³/mol.